The second-order valence-electron chi connectivity index (χ2n) is 6.53. The van der Waals surface area contributed by atoms with Crippen molar-refractivity contribution in [3.8, 4) is 0 Å². The first-order valence-corrected chi connectivity index (χ1v) is 9.23. The van der Waals surface area contributed by atoms with Crippen LogP contribution < -0.4 is 5.32 Å². The van der Waals surface area contributed by atoms with E-state index in [0.717, 1.165) is 18.7 Å². The van der Waals surface area contributed by atoms with Crippen LogP contribution in [0.3, 0.4) is 0 Å². The molecular weight excluding hydrogens is 296 g/mol. The van der Waals surface area contributed by atoms with Crippen LogP contribution in [0.1, 0.15) is 65.5 Å². The molecule has 0 bridgehead atoms. The van der Waals surface area contributed by atoms with Gasteiger partial charge >= 0.3 is 0 Å². The van der Waals surface area contributed by atoms with Gasteiger partial charge in [-0.2, -0.15) is 0 Å². The molecule has 2 heterocycles. The first kappa shape index (κ1) is 16.7. The lowest BCUT2D eigenvalue weighted by molar-refractivity contribution is 0.601. The molecule has 1 unspecified atom stereocenters. The van der Waals surface area contributed by atoms with Crippen LogP contribution in [0.4, 0.5) is 0 Å². The van der Waals surface area contributed by atoms with E-state index in [4.69, 9.17) is 4.98 Å². The van der Waals surface area contributed by atoms with Crippen molar-refractivity contribution in [3.63, 3.8) is 0 Å². The molecule has 2 rings (SSSR count). The Bertz CT molecular complexity index is 571. The number of nitrogens with zero attached hydrogens (tertiary/aromatic N) is 1. The van der Waals surface area contributed by atoms with Crippen LogP contribution >= 0.6 is 22.7 Å². The maximum atomic E-state index is 4.77. The van der Waals surface area contributed by atoms with E-state index in [9.17, 15) is 0 Å². The molecule has 116 valence electrons. The Balaban J connectivity index is 2.33. The van der Waals surface area contributed by atoms with Gasteiger partial charge in [-0.1, -0.05) is 27.7 Å². The zero-order chi connectivity index (χ0) is 15.6. The summed E-state index contributed by atoms with van der Waals surface area (Å²) >= 11 is 3.73. The number of rotatable bonds is 5. The summed E-state index contributed by atoms with van der Waals surface area (Å²) in [5, 5.41) is 4.86. The number of thiophene rings is 1. The van der Waals surface area contributed by atoms with Crippen LogP contribution in [0.15, 0.2) is 12.1 Å². The lowest BCUT2D eigenvalue weighted by atomic mass is 9.95. The Kier molecular flexibility index (Phi) is 5.23. The summed E-state index contributed by atoms with van der Waals surface area (Å²) in [5.41, 5.74) is 1.37. The molecule has 0 aliphatic heterocycles. The van der Waals surface area contributed by atoms with Crippen LogP contribution in [0.25, 0.3) is 0 Å². The lowest BCUT2D eigenvalue weighted by Gasteiger charge is -2.17. The minimum absolute atomic E-state index is 0.215. The summed E-state index contributed by atoms with van der Waals surface area (Å²) in [6.45, 7) is 14.3. The quantitative estimate of drug-likeness (QED) is 0.817. The topological polar surface area (TPSA) is 24.9 Å². The number of aromatic nitrogens is 1. The van der Waals surface area contributed by atoms with Crippen molar-refractivity contribution in [1.82, 2.24) is 10.3 Å². The van der Waals surface area contributed by atoms with E-state index in [1.165, 1.54) is 19.6 Å². The molecule has 2 aromatic heterocycles. The predicted molar refractivity (Wildman–Crippen MR) is 94.7 cm³/mol. The number of thiazole rings is 1. The van der Waals surface area contributed by atoms with Crippen molar-refractivity contribution in [1.29, 1.82) is 0 Å². The zero-order valence-electron chi connectivity index (χ0n) is 13.9. The van der Waals surface area contributed by atoms with Crippen LogP contribution in [0, 0.1) is 13.8 Å². The van der Waals surface area contributed by atoms with Gasteiger partial charge in [-0.3, -0.25) is 0 Å². The van der Waals surface area contributed by atoms with E-state index in [1.54, 1.807) is 0 Å². The van der Waals surface area contributed by atoms with Gasteiger partial charge in [0.25, 0.3) is 0 Å². The van der Waals surface area contributed by atoms with Crippen molar-refractivity contribution in [2.45, 2.75) is 59.4 Å². The Morgan fingerprint density at radius 2 is 1.90 bits per heavy atom. The van der Waals surface area contributed by atoms with Gasteiger partial charge in [0.15, 0.2) is 0 Å². The van der Waals surface area contributed by atoms with Gasteiger partial charge < -0.3 is 5.32 Å². The highest BCUT2D eigenvalue weighted by Gasteiger charge is 2.23. The Morgan fingerprint density at radius 3 is 2.38 bits per heavy atom. The molecule has 0 fully saturated rings. The van der Waals surface area contributed by atoms with Gasteiger partial charge in [0.2, 0.25) is 0 Å². The molecule has 0 aromatic carbocycles. The number of hydrogen-bond acceptors (Lipinski definition) is 4. The van der Waals surface area contributed by atoms with Crippen LogP contribution in [-0.4, -0.2) is 11.5 Å². The third kappa shape index (κ3) is 3.93. The molecule has 0 amide bonds. The zero-order valence-corrected chi connectivity index (χ0v) is 15.5. The molecule has 0 radical (unpaired) electrons. The van der Waals surface area contributed by atoms with Crippen LogP contribution in [-0.2, 0) is 5.41 Å². The molecule has 0 aliphatic carbocycles. The largest absolute Gasteiger partial charge is 0.304 e. The number of hydrogen-bond donors (Lipinski definition) is 1. The van der Waals surface area contributed by atoms with Gasteiger partial charge in [-0.05, 0) is 44.4 Å². The SMILES string of the molecule is CCCNC(c1ccc(C(C)(C)C)s1)c1nc(C)c(C)s1. The number of nitrogens with one attached hydrogen (secondary N) is 1. The van der Waals surface area contributed by atoms with E-state index in [-0.39, 0.29) is 11.5 Å². The van der Waals surface area contributed by atoms with E-state index >= 15 is 0 Å². The van der Waals surface area contributed by atoms with Gasteiger partial charge in [0.1, 0.15) is 5.01 Å². The molecule has 0 spiro atoms. The summed E-state index contributed by atoms with van der Waals surface area (Å²) < 4.78 is 0. The molecule has 0 aliphatic rings. The second-order valence-corrected chi connectivity index (χ2v) is 8.88. The molecule has 0 saturated carbocycles. The third-order valence-electron chi connectivity index (χ3n) is 3.54. The second kappa shape index (κ2) is 6.59. The van der Waals surface area contributed by atoms with Gasteiger partial charge in [-0.15, -0.1) is 22.7 Å². The van der Waals surface area contributed by atoms with Crippen molar-refractivity contribution in [2.75, 3.05) is 6.54 Å². The molecule has 4 heteroatoms. The Labute approximate surface area is 136 Å². The summed E-state index contributed by atoms with van der Waals surface area (Å²) in [6.07, 6.45) is 1.14. The molecule has 1 atom stereocenters. The first-order valence-electron chi connectivity index (χ1n) is 7.60. The maximum Gasteiger partial charge on any atom is 0.115 e. The Morgan fingerprint density at radius 1 is 1.19 bits per heavy atom. The minimum atomic E-state index is 0.215. The average Bonchev–Trinajstić information content (AvgIpc) is 2.98. The summed E-state index contributed by atoms with van der Waals surface area (Å²) in [5.74, 6) is 0. The third-order valence-corrected chi connectivity index (χ3v) is 6.25. The van der Waals surface area contributed by atoms with Crippen molar-refractivity contribution < 1.29 is 0 Å². The average molecular weight is 323 g/mol. The van der Waals surface area contributed by atoms with E-state index in [1.807, 2.05) is 22.7 Å². The van der Waals surface area contributed by atoms with Gasteiger partial charge in [0, 0.05) is 14.6 Å². The van der Waals surface area contributed by atoms with E-state index in [0.29, 0.717) is 0 Å². The first-order chi connectivity index (χ1) is 9.82. The highest BCUT2D eigenvalue weighted by atomic mass is 32.1. The maximum absolute atomic E-state index is 4.77. The number of aryl methyl sites for hydroxylation is 2. The van der Waals surface area contributed by atoms with Crippen LogP contribution in [0.2, 0.25) is 0 Å². The van der Waals surface area contributed by atoms with Gasteiger partial charge in [0.05, 0.1) is 11.7 Å². The highest BCUT2D eigenvalue weighted by Crippen LogP contribution is 2.36. The Hall–Kier alpha value is -0.710. The predicted octanol–water partition coefficient (Wildman–Crippen LogP) is 5.21. The van der Waals surface area contributed by atoms with E-state index in [2.05, 4.69) is 59.0 Å². The fourth-order valence-corrected chi connectivity index (χ4v) is 4.37. The van der Waals surface area contributed by atoms with Crippen molar-refractivity contribution >= 4 is 22.7 Å². The van der Waals surface area contributed by atoms with Crippen LogP contribution in [0.5, 0.6) is 0 Å². The van der Waals surface area contributed by atoms with E-state index < -0.39 is 0 Å². The summed E-state index contributed by atoms with van der Waals surface area (Å²) in [7, 11) is 0. The molecule has 1 N–H and O–H groups in total. The highest BCUT2D eigenvalue weighted by molar-refractivity contribution is 7.13. The molecule has 21 heavy (non-hydrogen) atoms. The molecule has 0 saturated heterocycles. The fourth-order valence-electron chi connectivity index (χ4n) is 2.13. The molecular formula is C17H26N2S2. The summed E-state index contributed by atoms with van der Waals surface area (Å²) in [6, 6.07) is 4.78. The standard InChI is InChI=1S/C17H26N2S2/c1-7-10-18-15(16-19-11(2)12(3)20-16)13-8-9-14(21-13)17(4,5)6/h8-9,15,18H,7,10H2,1-6H3. The minimum Gasteiger partial charge on any atom is -0.304 e. The summed E-state index contributed by atoms with van der Waals surface area (Å²) in [4.78, 5) is 8.91. The van der Waals surface area contributed by atoms with Crippen molar-refractivity contribution in [3.05, 3.63) is 37.5 Å². The smallest absolute Gasteiger partial charge is 0.115 e. The fraction of sp³-hybridized carbons (Fsp3) is 0.588. The van der Waals surface area contributed by atoms with Gasteiger partial charge in [-0.25, -0.2) is 4.98 Å². The molecule has 2 nitrogen and oxygen atoms in total. The molecule has 2 aromatic rings. The monoisotopic (exact) mass is 322 g/mol. The van der Waals surface area contributed by atoms with Crippen molar-refractivity contribution in [2.24, 2.45) is 0 Å². The lowest BCUT2D eigenvalue weighted by Crippen LogP contribution is -2.22. The normalized spacial score (nSPS) is 13.6.